The molecule has 0 aromatic carbocycles. The molecule has 0 spiro atoms. The molecule has 3 amide bonds. The predicted octanol–water partition coefficient (Wildman–Crippen LogP) is -2.93. The van der Waals surface area contributed by atoms with Gasteiger partial charge in [-0.05, 0) is 51.6 Å². The van der Waals surface area contributed by atoms with Crippen molar-refractivity contribution in [1.29, 1.82) is 0 Å². The molecule has 0 bridgehead atoms. The van der Waals surface area contributed by atoms with Crippen molar-refractivity contribution in [2.24, 2.45) is 17.2 Å². The molecule has 0 radical (unpaired) electrons. The van der Waals surface area contributed by atoms with Gasteiger partial charge >= 0.3 is 5.97 Å². The number of carboxylic acid groups (broad SMARTS) is 1. The summed E-state index contributed by atoms with van der Waals surface area (Å²) in [7, 11) is 0. The number of H-pyrrole nitrogens is 1. The number of carboxylic acids is 1. The largest absolute Gasteiger partial charge is 0.480 e. The first-order valence-electron chi connectivity index (χ1n) is 11.6. The molecule has 1 aromatic rings. The van der Waals surface area contributed by atoms with Gasteiger partial charge in [-0.25, -0.2) is 9.78 Å². The number of aliphatic hydroxyl groups excluding tert-OH is 1. The number of aromatic amines is 1. The van der Waals surface area contributed by atoms with E-state index in [1.807, 2.05) is 0 Å². The number of nitrogens with zero attached hydrogens (tertiary/aromatic N) is 1. The number of rotatable bonds is 18. The standard InChI is InChI=1S/C21H38N8O6/c22-7-3-1-5-15(27-18(31)14(24)9-13-10-25-12-26-13)19(32)29-17(11-30)20(33)28-16(21(34)35)6-2-4-8-23/h10,12,14-17,30H,1-9,11,22-24H2,(H,25,26)(H,27,31)(H,28,33)(H,29,32)(H,34,35). The van der Waals surface area contributed by atoms with Gasteiger partial charge in [0.25, 0.3) is 0 Å². The van der Waals surface area contributed by atoms with E-state index in [0.717, 1.165) is 0 Å². The average Bonchev–Trinajstić information content (AvgIpc) is 3.33. The van der Waals surface area contributed by atoms with Gasteiger partial charge in [0.05, 0.1) is 19.0 Å². The smallest absolute Gasteiger partial charge is 0.326 e. The van der Waals surface area contributed by atoms with Crippen molar-refractivity contribution < 1.29 is 29.4 Å². The fourth-order valence-corrected chi connectivity index (χ4v) is 3.26. The van der Waals surface area contributed by atoms with Gasteiger partial charge in [0.2, 0.25) is 17.7 Å². The Morgan fingerprint density at radius 2 is 1.43 bits per heavy atom. The Kier molecular flexibility index (Phi) is 14.2. The Bertz CT molecular complexity index is 791. The van der Waals surface area contributed by atoms with E-state index in [-0.39, 0.29) is 19.3 Å². The highest BCUT2D eigenvalue weighted by Gasteiger charge is 2.29. The second kappa shape index (κ2) is 16.5. The number of nitrogens with one attached hydrogen (secondary N) is 4. The number of hydrogen-bond donors (Lipinski definition) is 9. The fourth-order valence-electron chi connectivity index (χ4n) is 3.26. The summed E-state index contributed by atoms with van der Waals surface area (Å²) in [5, 5.41) is 26.3. The molecule has 1 rings (SSSR count). The van der Waals surface area contributed by atoms with Crippen molar-refractivity contribution in [1.82, 2.24) is 25.9 Å². The third kappa shape index (κ3) is 11.3. The topological polar surface area (TPSA) is 252 Å². The van der Waals surface area contributed by atoms with Crippen LogP contribution in [0.3, 0.4) is 0 Å². The lowest BCUT2D eigenvalue weighted by molar-refractivity contribution is -0.142. The number of carbonyl (C=O) groups excluding carboxylic acids is 3. The van der Waals surface area contributed by atoms with E-state index < -0.39 is 54.5 Å². The summed E-state index contributed by atoms with van der Waals surface area (Å²) in [5.41, 5.74) is 17.5. The highest BCUT2D eigenvalue weighted by molar-refractivity contribution is 5.94. The Morgan fingerprint density at radius 3 is 1.94 bits per heavy atom. The van der Waals surface area contributed by atoms with Crippen LogP contribution < -0.4 is 33.2 Å². The van der Waals surface area contributed by atoms with E-state index in [1.54, 1.807) is 0 Å². The number of hydrogen-bond acceptors (Lipinski definition) is 9. The summed E-state index contributed by atoms with van der Waals surface area (Å²) >= 11 is 0. The zero-order valence-electron chi connectivity index (χ0n) is 19.7. The number of aromatic nitrogens is 2. The van der Waals surface area contributed by atoms with E-state index in [9.17, 15) is 29.4 Å². The number of unbranched alkanes of at least 4 members (excludes halogenated alkanes) is 2. The van der Waals surface area contributed by atoms with Crippen LogP contribution in [-0.2, 0) is 25.6 Å². The van der Waals surface area contributed by atoms with E-state index in [1.165, 1.54) is 12.5 Å². The molecule has 1 heterocycles. The summed E-state index contributed by atoms with van der Waals surface area (Å²) < 4.78 is 0. The molecule has 0 fully saturated rings. The number of nitrogens with two attached hydrogens (primary N) is 3. The summed E-state index contributed by atoms with van der Waals surface area (Å²) in [6.07, 6.45) is 5.73. The zero-order valence-corrected chi connectivity index (χ0v) is 19.7. The van der Waals surface area contributed by atoms with Crippen molar-refractivity contribution in [2.45, 2.75) is 69.1 Å². The van der Waals surface area contributed by atoms with Crippen molar-refractivity contribution >= 4 is 23.7 Å². The molecule has 0 saturated heterocycles. The molecule has 1 aromatic heterocycles. The quantitative estimate of drug-likeness (QED) is 0.0931. The molecular weight excluding hydrogens is 460 g/mol. The molecule has 198 valence electrons. The Balaban J connectivity index is 2.79. The van der Waals surface area contributed by atoms with Gasteiger partial charge in [0, 0.05) is 18.3 Å². The SMILES string of the molecule is NCCCCC(NC(=O)C(CO)NC(=O)C(CCCCN)NC(=O)C(N)Cc1cnc[nH]1)C(=O)O. The Labute approximate surface area is 203 Å². The number of aliphatic hydroxyl groups is 1. The van der Waals surface area contributed by atoms with Crippen LogP contribution in [0.4, 0.5) is 0 Å². The maximum absolute atomic E-state index is 12.9. The summed E-state index contributed by atoms with van der Waals surface area (Å²) in [5.74, 6) is -3.39. The predicted molar refractivity (Wildman–Crippen MR) is 127 cm³/mol. The minimum atomic E-state index is -1.41. The first-order valence-corrected chi connectivity index (χ1v) is 11.6. The molecular formula is C21H38N8O6. The fraction of sp³-hybridized carbons (Fsp3) is 0.667. The average molecular weight is 499 g/mol. The monoisotopic (exact) mass is 498 g/mol. The number of amides is 3. The first kappa shape index (κ1) is 30.0. The van der Waals surface area contributed by atoms with Crippen LogP contribution in [0.15, 0.2) is 12.5 Å². The molecule has 14 nitrogen and oxygen atoms in total. The van der Waals surface area contributed by atoms with Crippen LogP contribution in [0.1, 0.15) is 44.2 Å². The van der Waals surface area contributed by atoms with Gasteiger partial charge < -0.3 is 48.3 Å². The van der Waals surface area contributed by atoms with Crippen molar-refractivity contribution in [3.05, 3.63) is 18.2 Å². The van der Waals surface area contributed by atoms with Gasteiger partial charge in [-0.15, -0.1) is 0 Å². The molecule has 0 aliphatic rings. The summed E-state index contributed by atoms with van der Waals surface area (Å²) in [6, 6.07) is -4.60. The summed E-state index contributed by atoms with van der Waals surface area (Å²) in [4.78, 5) is 56.1. The Hall–Kier alpha value is -3.07. The number of carbonyl (C=O) groups is 4. The maximum atomic E-state index is 12.9. The molecule has 12 N–H and O–H groups in total. The molecule has 4 unspecified atom stereocenters. The van der Waals surface area contributed by atoms with Crippen molar-refractivity contribution in [3.63, 3.8) is 0 Å². The molecule has 14 heteroatoms. The van der Waals surface area contributed by atoms with Crippen LogP contribution in [0, 0.1) is 0 Å². The van der Waals surface area contributed by atoms with E-state index in [0.29, 0.717) is 44.5 Å². The first-order chi connectivity index (χ1) is 16.7. The lowest BCUT2D eigenvalue weighted by Crippen LogP contribution is -2.58. The molecule has 4 atom stereocenters. The minimum Gasteiger partial charge on any atom is -0.480 e. The van der Waals surface area contributed by atoms with Crippen LogP contribution in [0.25, 0.3) is 0 Å². The van der Waals surface area contributed by atoms with Crippen LogP contribution >= 0.6 is 0 Å². The second-order valence-electron chi connectivity index (χ2n) is 8.16. The lowest BCUT2D eigenvalue weighted by atomic mass is 10.1. The summed E-state index contributed by atoms with van der Waals surface area (Å²) in [6.45, 7) is 0.0119. The molecule has 0 aliphatic heterocycles. The van der Waals surface area contributed by atoms with Crippen molar-refractivity contribution in [2.75, 3.05) is 19.7 Å². The van der Waals surface area contributed by atoms with Crippen LogP contribution in [0.5, 0.6) is 0 Å². The third-order valence-corrected chi connectivity index (χ3v) is 5.29. The minimum absolute atomic E-state index is 0.149. The van der Waals surface area contributed by atoms with Crippen LogP contribution in [-0.4, -0.2) is 87.7 Å². The normalized spacial score (nSPS) is 14.4. The van der Waals surface area contributed by atoms with Gasteiger partial charge in [-0.1, -0.05) is 0 Å². The molecule has 35 heavy (non-hydrogen) atoms. The molecule has 0 saturated carbocycles. The van der Waals surface area contributed by atoms with E-state index in [2.05, 4.69) is 25.9 Å². The molecule has 0 aliphatic carbocycles. The van der Waals surface area contributed by atoms with E-state index in [4.69, 9.17) is 17.2 Å². The Morgan fingerprint density at radius 1 is 0.886 bits per heavy atom. The van der Waals surface area contributed by atoms with Crippen LogP contribution in [0.2, 0.25) is 0 Å². The van der Waals surface area contributed by atoms with Crippen molar-refractivity contribution in [3.8, 4) is 0 Å². The highest BCUT2D eigenvalue weighted by atomic mass is 16.4. The number of imidazole rings is 1. The lowest BCUT2D eigenvalue weighted by Gasteiger charge is -2.24. The van der Waals surface area contributed by atoms with Gasteiger partial charge in [0.1, 0.15) is 18.1 Å². The zero-order chi connectivity index (χ0) is 26.2. The second-order valence-corrected chi connectivity index (χ2v) is 8.16. The van der Waals surface area contributed by atoms with Gasteiger partial charge in [-0.2, -0.15) is 0 Å². The third-order valence-electron chi connectivity index (χ3n) is 5.29. The van der Waals surface area contributed by atoms with E-state index >= 15 is 0 Å². The number of aliphatic carboxylic acids is 1. The maximum Gasteiger partial charge on any atom is 0.326 e. The van der Waals surface area contributed by atoms with Gasteiger partial charge in [0.15, 0.2) is 0 Å². The van der Waals surface area contributed by atoms with Gasteiger partial charge in [-0.3, -0.25) is 14.4 Å². The highest BCUT2D eigenvalue weighted by Crippen LogP contribution is 2.05.